The molecule has 0 radical (unpaired) electrons. The Hall–Kier alpha value is -0.930. The molecule has 0 bridgehead atoms. The van der Waals surface area contributed by atoms with Gasteiger partial charge in [0.25, 0.3) is 0 Å². The lowest BCUT2D eigenvalue weighted by Crippen LogP contribution is -2.10. The Morgan fingerprint density at radius 3 is 2.47 bits per heavy atom. The maximum atomic E-state index is 6.11. The highest BCUT2D eigenvalue weighted by molar-refractivity contribution is 6.33. The van der Waals surface area contributed by atoms with Crippen molar-refractivity contribution in [3.05, 3.63) is 22.7 Å². The summed E-state index contributed by atoms with van der Waals surface area (Å²) in [6.45, 7) is 2.02. The van der Waals surface area contributed by atoms with Crippen LogP contribution in [-0.4, -0.2) is 14.2 Å². The van der Waals surface area contributed by atoms with E-state index in [1.165, 1.54) is 0 Å². The molecule has 0 aliphatic heterocycles. The molecule has 84 valence electrons. The summed E-state index contributed by atoms with van der Waals surface area (Å²) in [7, 11) is 3.15. The Kier molecular flexibility index (Phi) is 4.24. The molecule has 0 heterocycles. The van der Waals surface area contributed by atoms with E-state index in [4.69, 9.17) is 26.8 Å². The second-order valence-corrected chi connectivity index (χ2v) is 3.60. The van der Waals surface area contributed by atoms with Gasteiger partial charge >= 0.3 is 0 Å². The van der Waals surface area contributed by atoms with Crippen LogP contribution in [0.5, 0.6) is 11.5 Å². The molecule has 1 aromatic rings. The average molecular weight is 230 g/mol. The molecule has 2 N–H and O–H groups in total. The first-order valence-electron chi connectivity index (χ1n) is 4.81. The third kappa shape index (κ3) is 2.36. The molecule has 0 aliphatic carbocycles. The van der Waals surface area contributed by atoms with Crippen molar-refractivity contribution in [3.63, 3.8) is 0 Å². The van der Waals surface area contributed by atoms with Gasteiger partial charge in [0, 0.05) is 11.6 Å². The molecule has 1 rings (SSSR count). The number of hydrogen-bond acceptors (Lipinski definition) is 3. The zero-order chi connectivity index (χ0) is 11.4. The minimum atomic E-state index is -0.0663. The van der Waals surface area contributed by atoms with E-state index < -0.39 is 0 Å². The van der Waals surface area contributed by atoms with Crippen molar-refractivity contribution in [1.82, 2.24) is 0 Å². The SMILES string of the molecule is CCC(N)c1ccc(OC)c(Cl)c1OC. The van der Waals surface area contributed by atoms with Crippen molar-refractivity contribution >= 4 is 11.6 Å². The van der Waals surface area contributed by atoms with Crippen molar-refractivity contribution in [2.45, 2.75) is 19.4 Å². The third-order valence-corrected chi connectivity index (χ3v) is 2.71. The largest absolute Gasteiger partial charge is 0.495 e. The van der Waals surface area contributed by atoms with E-state index >= 15 is 0 Å². The molecular formula is C11H16ClNO2. The van der Waals surface area contributed by atoms with E-state index in [0.717, 1.165) is 12.0 Å². The first-order valence-corrected chi connectivity index (χ1v) is 5.19. The highest BCUT2D eigenvalue weighted by Crippen LogP contribution is 2.39. The fourth-order valence-corrected chi connectivity index (χ4v) is 1.76. The van der Waals surface area contributed by atoms with Gasteiger partial charge in [0.1, 0.15) is 16.5 Å². The van der Waals surface area contributed by atoms with Gasteiger partial charge in [-0.25, -0.2) is 0 Å². The van der Waals surface area contributed by atoms with Crippen LogP contribution < -0.4 is 15.2 Å². The van der Waals surface area contributed by atoms with Crippen LogP contribution in [0.2, 0.25) is 5.02 Å². The van der Waals surface area contributed by atoms with Crippen LogP contribution in [0.3, 0.4) is 0 Å². The Labute approximate surface area is 95.1 Å². The molecule has 3 nitrogen and oxygen atoms in total. The van der Waals surface area contributed by atoms with E-state index in [1.807, 2.05) is 13.0 Å². The lowest BCUT2D eigenvalue weighted by molar-refractivity contribution is 0.388. The Bertz CT molecular complexity index is 342. The smallest absolute Gasteiger partial charge is 0.146 e. The van der Waals surface area contributed by atoms with E-state index in [1.54, 1.807) is 20.3 Å². The van der Waals surface area contributed by atoms with Crippen LogP contribution in [-0.2, 0) is 0 Å². The van der Waals surface area contributed by atoms with Gasteiger partial charge in [-0.2, -0.15) is 0 Å². The van der Waals surface area contributed by atoms with Crippen molar-refractivity contribution in [2.24, 2.45) is 5.73 Å². The topological polar surface area (TPSA) is 44.5 Å². The fourth-order valence-electron chi connectivity index (χ4n) is 1.43. The molecule has 0 aliphatic rings. The molecular weight excluding hydrogens is 214 g/mol. The number of ether oxygens (including phenoxy) is 2. The monoisotopic (exact) mass is 229 g/mol. The summed E-state index contributed by atoms with van der Waals surface area (Å²) in [5.74, 6) is 1.20. The quantitative estimate of drug-likeness (QED) is 0.864. The summed E-state index contributed by atoms with van der Waals surface area (Å²) in [6, 6.07) is 3.62. The number of nitrogens with two attached hydrogens (primary N) is 1. The second kappa shape index (κ2) is 5.24. The summed E-state index contributed by atoms with van der Waals surface area (Å²) in [4.78, 5) is 0. The van der Waals surface area contributed by atoms with Crippen molar-refractivity contribution in [2.75, 3.05) is 14.2 Å². The fraction of sp³-hybridized carbons (Fsp3) is 0.455. The molecule has 4 heteroatoms. The van der Waals surface area contributed by atoms with Gasteiger partial charge in [-0.05, 0) is 18.6 Å². The van der Waals surface area contributed by atoms with Crippen LogP contribution in [0, 0.1) is 0 Å². The molecule has 0 aromatic heterocycles. The molecule has 15 heavy (non-hydrogen) atoms. The van der Waals surface area contributed by atoms with Crippen LogP contribution >= 0.6 is 11.6 Å². The zero-order valence-electron chi connectivity index (χ0n) is 9.21. The van der Waals surface area contributed by atoms with Crippen molar-refractivity contribution in [1.29, 1.82) is 0 Å². The number of rotatable bonds is 4. The Balaban J connectivity index is 3.24. The molecule has 0 amide bonds. The van der Waals surface area contributed by atoms with Gasteiger partial charge in [0.2, 0.25) is 0 Å². The van der Waals surface area contributed by atoms with E-state index in [0.29, 0.717) is 16.5 Å². The van der Waals surface area contributed by atoms with E-state index in [9.17, 15) is 0 Å². The second-order valence-electron chi connectivity index (χ2n) is 3.22. The molecule has 0 saturated heterocycles. The van der Waals surface area contributed by atoms with Crippen LogP contribution in [0.4, 0.5) is 0 Å². The molecule has 0 fully saturated rings. The van der Waals surface area contributed by atoms with Gasteiger partial charge in [-0.1, -0.05) is 18.5 Å². The summed E-state index contributed by atoms with van der Waals surface area (Å²) >= 11 is 6.11. The van der Waals surface area contributed by atoms with Gasteiger partial charge in [-0.3, -0.25) is 0 Å². The van der Waals surface area contributed by atoms with Crippen molar-refractivity contribution in [3.8, 4) is 11.5 Å². The lowest BCUT2D eigenvalue weighted by Gasteiger charge is -2.16. The number of hydrogen-bond donors (Lipinski definition) is 1. The summed E-state index contributed by atoms with van der Waals surface area (Å²) in [5, 5.41) is 0.474. The summed E-state index contributed by atoms with van der Waals surface area (Å²) in [5.41, 5.74) is 6.86. The highest BCUT2D eigenvalue weighted by Gasteiger charge is 2.16. The lowest BCUT2D eigenvalue weighted by atomic mass is 10.0. The van der Waals surface area contributed by atoms with Crippen LogP contribution in [0.15, 0.2) is 12.1 Å². The minimum Gasteiger partial charge on any atom is -0.495 e. The summed E-state index contributed by atoms with van der Waals surface area (Å²) in [6.07, 6.45) is 0.832. The predicted octanol–water partition coefficient (Wildman–Crippen LogP) is 2.77. The highest BCUT2D eigenvalue weighted by atomic mass is 35.5. The van der Waals surface area contributed by atoms with Crippen molar-refractivity contribution < 1.29 is 9.47 Å². The first kappa shape index (κ1) is 12.1. The summed E-state index contributed by atoms with van der Waals surface area (Å²) < 4.78 is 10.4. The van der Waals surface area contributed by atoms with Crippen LogP contribution in [0.1, 0.15) is 24.9 Å². The normalized spacial score (nSPS) is 12.3. The maximum absolute atomic E-state index is 6.11. The molecule has 1 unspecified atom stereocenters. The van der Waals surface area contributed by atoms with E-state index in [-0.39, 0.29) is 6.04 Å². The molecule has 0 saturated carbocycles. The maximum Gasteiger partial charge on any atom is 0.146 e. The standard InChI is InChI=1S/C11H16ClNO2/c1-4-8(13)7-5-6-9(14-2)10(12)11(7)15-3/h5-6,8H,4,13H2,1-3H3. The molecule has 1 aromatic carbocycles. The van der Waals surface area contributed by atoms with Gasteiger partial charge < -0.3 is 15.2 Å². The number of halogens is 1. The number of methoxy groups -OCH3 is 2. The third-order valence-electron chi connectivity index (χ3n) is 2.36. The molecule has 1 atom stereocenters. The van der Waals surface area contributed by atoms with E-state index in [2.05, 4.69) is 0 Å². The Morgan fingerprint density at radius 2 is 2.00 bits per heavy atom. The predicted molar refractivity (Wildman–Crippen MR) is 61.8 cm³/mol. The Morgan fingerprint density at radius 1 is 1.33 bits per heavy atom. The van der Waals surface area contributed by atoms with Gasteiger partial charge in [-0.15, -0.1) is 0 Å². The average Bonchev–Trinajstić information content (AvgIpc) is 2.27. The first-order chi connectivity index (χ1) is 7.15. The molecule has 0 spiro atoms. The minimum absolute atomic E-state index is 0.0663. The van der Waals surface area contributed by atoms with Gasteiger partial charge in [0.15, 0.2) is 0 Å². The van der Waals surface area contributed by atoms with Crippen LogP contribution in [0.25, 0.3) is 0 Å². The number of benzene rings is 1. The zero-order valence-corrected chi connectivity index (χ0v) is 9.97. The van der Waals surface area contributed by atoms with Gasteiger partial charge in [0.05, 0.1) is 14.2 Å².